The number of carboxylic acid groups (broad SMARTS) is 2. The minimum Gasteiger partial charge on any atom is -0.493 e. The first-order chi connectivity index (χ1) is 22.5. The lowest BCUT2D eigenvalue weighted by atomic mass is 9.93. The molecule has 256 valence electrons. The number of carbonyl (C=O) groups is 4. The zero-order valence-corrected chi connectivity index (χ0v) is 27.7. The molecule has 2 fully saturated rings. The Morgan fingerprint density at radius 3 is 2.30 bits per heavy atom. The highest BCUT2D eigenvalue weighted by atomic mass is 16.5. The van der Waals surface area contributed by atoms with Gasteiger partial charge in [0.25, 0.3) is 5.91 Å². The van der Waals surface area contributed by atoms with Gasteiger partial charge in [-0.05, 0) is 81.8 Å². The van der Waals surface area contributed by atoms with E-state index < -0.39 is 12.1 Å². The Bertz CT molecular complexity index is 1410. The first kappa shape index (κ1) is 35.5. The van der Waals surface area contributed by atoms with Crippen LogP contribution in [0.3, 0.4) is 0 Å². The van der Waals surface area contributed by atoms with Crippen molar-refractivity contribution in [3.63, 3.8) is 0 Å². The molecule has 2 atom stereocenters. The van der Waals surface area contributed by atoms with Crippen LogP contribution in [-0.4, -0.2) is 113 Å². The highest BCUT2D eigenvalue weighted by Crippen LogP contribution is 2.32. The molecule has 0 spiro atoms. The molecular formula is C35H47N3O9. The average Bonchev–Trinajstić information content (AvgIpc) is 3.89. The van der Waals surface area contributed by atoms with Crippen LogP contribution in [0.1, 0.15) is 78.7 Å². The Morgan fingerprint density at radius 2 is 1.66 bits per heavy atom. The maximum atomic E-state index is 13.9. The second kappa shape index (κ2) is 16.5. The van der Waals surface area contributed by atoms with Gasteiger partial charge in [0, 0.05) is 56.9 Å². The van der Waals surface area contributed by atoms with Crippen molar-refractivity contribution in [2.75, 3.05) is 40.5 Å². The fourth-order valence-electron chi connectivity index (χ4n) is 6.32. The van der Waals surface area contributed by atoms with Crippen LogP contribution in [0, 0.1) is 0 Å². The fourth-order valence-corrected chi connectivity index (χ4v) is 6.32. The van der Waals surface area contributed by atoms with E-state index in [1.165, 1.54) is 24.1 Å². The molecule has 2 aromatic carbocycles. The van der Waals surface area contributed by atoms with Crippen molar-refractivity contribution >= 4 is 23.9 Å². The van der Waals surface area contributed by atoms with Gasteiger partial charge in [0.2, 0.25) is 5.91 Å². The highest BCUT2D eigenvalue weighted by Gasteiger charge is 2.39. The van der Waals surface area contributed by atoms with E-state index in [2.05, 4.69) is 0 Å². The fraction of sp³-hybridized carbons (Fsp3) is 0.543. The minimum atomic E-state index is -1.05. The normalized spacial score (nSPS) is 17.7. The molecule has 1 aliphatic carbocycles. The molecule has 0 bridgehead atoms. The molecular weight excluding hydrogens is 606 g/mol. The van der Waals surface area contributed by atoms with Crippen LogP contribution in [0.2, 0.25) is 0 Å². The van der Waals surface area contributed by atoms with E-state index in [1.807, 2.05) is 18.7 Å². The summed E-state index contributed by atoms with van der Waals surface area (Å²) in [4.78, 5) is 56.1. The van der Waals surface area contributed by atoms with Gasteiger partial charge in [0.1, 0.15) is 0 Å². The van der Waals surface area contributed by atoms with Gasteiger partial charge in [-0.1, -0.05) is 12.1 Å². The number of rotatable bonds is 16. The Labute approximate surface area is 276 Å². The Morgan fingerprint density at radius 1 is 0.915 bits per heavy atom. The number of piperidine rings is 1. The number of likely N-dealkylation sites (tertiary alicyclic amines) is 1. The van der Waals surface area contributed by atoms with Gasteiger partial charge in [0.15, 0.2) is 11.5 Å². The number of amides is 3. The summed E-state index contributed by atoms with van der Waals surface area (Å²) in [7, 11) is 3.16. The topological polar surface area (TPSA) is 146 Å². The number of methoxy groups -OCH3 is 2. The summed E-state index contributed by atoms with van der Waals surface area (Å²) >= 11 is 0. The molecule has 1 saturated heterocycles. The number of ether oxygens (including phenoxy) is 3. The van der Waals surface area contributed by atoms with Crippen molar-refractivity contribution < 1.29 is 43.6 Å². The molecule has 12 heteroatoms. The van der Waals surface area contributed by atoms with Gasteiger partial charge in [-0.15, -0.1) is 0 Å². The zero-order chi connectivity index (χ0) is 34.1. The van der Waals surface area contributed by atoms with Crippen LogP contribution >= 0.6 is 0 Å². The first-order valence-electron chi connectivity index (χ1n) is 16.3. The molecule has 3 amide bonds. The third-order valence-electron chi connectivity index (χ3n) is 8.81. The van der Waals surface area contributed by atoms with Crippen molar-refractivity contribution in [1.82, 2.24) is 14.7 Å². The molecule has 12 nitrogen and oxygen atoms in total. The van der Waals surface area contributed by atoms with Crippen molar-refractivity contribution in [3.05, 3.63) is 59.2 Å². The largest absolute Gasteiger partial charge is 0.493 e. The molecule has 2 aliphatic rings. The molecule has 2 aromatic rings. The maximum Gasteiger partial charge on any atom is 0.407 e. The lowest BCUT2D eigenvalue weighted by Gasteiger charge is -2.44. The Hall–Kier alpha value is -4.32. The lowest BCUT2D eigenvalue weighted by Crippen LogP contribution is -2.57. The number of hydrogen-bond acceptors (Lipinski definition) is 7. The maximum absolute atomic E-state index is 13.9. The lowest BCUT2D eigenvalue weighted by molar-refractivity contribution is -0.131. The third kappa shape index (κ3) is 9.37. The predicted molar refractivity (Wildman–Crippen MR) is 174 cm³/mol. The van der Waals surface area contributed by atoms with E-state index >= 15 is 0 Å². The second-order valence-electron chi connectivity index (χ2n) is 12.5. The summed E-state index contributed by atoms with van der Waals surface area (Å²) in [5.41, 5.74) is 1.20. The molecule has 1 saturated carbocycles. The van der Waals surface area contributed by atoms with Crippen LogP contribution in [-0.2, 0) is 16.0 Å². The van der Waals surface area contributed by atoms with E-state index in [1.54, 1.807) is 42.3 Å². The van der Waals surface area contributed by atoms with Crippen molar-refractivity contribution in [1.29, 1.82) is 0 Å². The van der Waals surface area contributed by atoms with Gasteiger partial charge in [0.05, 0.1) is 31.7 Å². The van der Waals surface area contributed by atoms with E-state index in [0.717, 1.165) is 12.8 Å². The van der Waals surface area contributed by atoms with Gasteiger partial charge in [-0.3, -0.25) is 9.59 Å². The number of carboxylic acids is 1. The monoisotopic (exact) mass is 653 g/mol. The third-order valence-corrected chi connectivity index (χ3v) is 8.81. The highest BCUT2D eigenvalue weighted by molar-refractivity contribution is 5.95. The van der Waals surface area contributed by atoms with Gasteiger partial charge in [-0.25, -0.2) is 9.59 Å². The summed E-state index contributed by atoms with van der Waals surface area (Å²) in [5.74, 6) is -0.380. The van der Waals surface area contributed by atoms with E-state index in [0.29, 0.717) is 68.1 Å². The standard InChI is InChI=1S/C35H47N3O9/c1-23(2)38(33(40)25-9-14-30(46-4)31(21-25)47-18-6-17-45-3)29-13-12-28(37(22-29)35(43)44)15-16-36(27-10-11-27)32(39)20-24-7-5-8-26(19-24)34(41)42/h5,7-9,14,19,21,23,27-29H,6,10-13,15-18,20,22H2,1-4H3,(H,41,42)(H,43,44)/t28-,29-/m1/s1. The summed E-state index contributed by atoms with van der Waals surface area (Å²) in [6.07, 6.45) is 3.16. The number of carbonyl (C=O) groups excluding carboxylic acids is 2. The first-order valence-corrected chi connectivity index (χ1v) is 16.3. The quantitative estimate of drug-likeness (QED) is 0.244. The van der Waals surface area contributed by atoms with E-state index in [4.69, 9.17) is 14.2 Å². The Kier molecular flexibility index (Phi) is 12.5. The van der Waals surface area contributed by atoms with Crippen LogP contribution in [0.25, 0.3) is 0 Å². The molecule has 1 heterocycles. The van der Waals surface area contributed by atoms with E-state index in [-0.39, 0.29) is 54.5 Å². The van der Waals surface area contributed by atoms with Crippen molar-refractivity contribution in [2.45, 2.75) is 83.0 Å². The zero-order valence-electron chi connectivity index (χ0n) is 27.7. The minimum absolute atomic E-state index is 0.0870. The predicted octanol–water partition coefficient (Wildman–Crippen LogP) is 4.79. The average molecular weight is 654 g/mol. The Balaban J connectivity index is 1.42. The molecule has 0 radical (unpaired) electrons. The number of aromatic carboxylic acids is 1. The molecule has 2 N–H and O–H groups in total. The summed E-state index contributed by atoms with van der Waals surface area (Å²) in [5, 5.41) is 19.5. The number of benzene rings is 2. The van der Waals surface area contributed by atoms with Crippen LogP contribution in [0.15, 0.2) is 42.5 Å². The van der Waals surface area contributed by atoms with Crippen LogP contribution in [0.4, 0.5) is 4.79 Å². The van der Waals surface area contributed by atoms with Gasteiger partial charge in [-0.2, -0.15) is 0 Å². The molecule has 0 unspecified atom stereocenters. The van der Waals surface area contributed by atoms with Crippen molar-refractivity contribution in [3.8, 4) is 11.5 Å². The van der Waals surface area contributed by atoms with Crippen LogP contribution in [0.5, 0.6) is 11.5 Å². The summed E-state index contributed by atoms with van der Waals surface area (Å²) in [6, 6.07) is 10.8. The summed E-state index contributed by atoms with van der Waals surface area (Å²) < 4.78 is 16.4. The van der Waals surface area contributed by atoms with Crippen molar-refractivity contribution in [2.24, 2.45) is 0 Å². The SMILES string of the molecule is COCCCOc1cc(C(=O)N(C(C)C)[C@@H]2CC[C@H](CCN(C(=O)Cc3cccc(C(=O)O)c3)C3CC3)N(C(=O)O)C2)ccc1OC. The second-order valence-corrected chi connectivity index (χ2v) is 12.5. The van der Waals surface area contributed by atoms with E-state index in [9.17, 15) is 29.4 Å². The van der Waals surface area contributed by atoms with Gasteiger partial charge < -0.3 is 39.1 Å². The smallest absolute Gasteiger partial charge is 0.407 e. The van der Waals surface area contributed by atoms with Crippen LogP contribution < -0.4 is 9.47 Å². The molecule has 0 aromatic heterocycles. The van der Waals surface area contributed by atoms with Gasteiger partial charge >= 0.3 is 12.1 Å². The summed E-state index contributed by atoms with van der Waals surface area (Å²) in [6.45, 7) is 5.36. The number of hydrogen-bond donors (Lipinski definition) is 2. The molecule has 4 rings (SSSR count). The molecule has 47 heavy (non-hydrogen) atoms. The number of nitrogens with zero attached hydrogens (tertiary/aromatic N) is 3. The molecule has 1 aliphatic heterocycles.